The summed E-state index contributed by atoms with van der Waals surface area (Å²) in [5, 5.41) is 13.0. The van der Waals surface area contributed by atoms with E-state index in [1.54, 1.807) is 0 Å². The largest absolute Gasteiger partial charge is 0.308 e. The molecule has 0 bridgehead atoms. The number of rotatable bonds is 8. The van der Waals surface area contributed by atoms with Crippen molar-refractivity contribution >= 4 is 46.1 Å². The normalized spacial score (nSPS) is 11.8. The Balaban J connectivity index is 1.47. The van der Waals surface area contributed by atoms with Crippen LogP contribution in [0.2, 0.25) is 0 Å². The lowest BCUT2D eigenvalue weighted by Crippen LogP contribution is -2.07. The minimum Gasteiger partial charge on any atom is -0.308 e. The molecule has 0 amide bonds. The second-order valence-electron chi connectivity index (χ2n) is 14.5. The molecule has 2 aromatic heterocycles. The van der Waals surface area contributed by atoms with Crippen molar-refractivity contribution in [2.45, 2.75) is 13.8 Å². The summed E-state index contributed by atoms with van der Waals surface area (Å²) in [6.45, 7) is 8.17. The first kappa shape index (κ1) is 36.6. The predicted octanol–water partition coefficient (Wildman–Crippen LogP) is 12.7. The molecule has 0 unspecified atom stereocenters. The number of benzene rings is 7. The zero-order chi connectivity index (χ0) is 40.3. The second kappa shape index (κ2) is 15.9. The molecule has 0 atom stereocenters. The third kappa shape index (κ3) is 7.25. The first-order valence-corrected chi connectivity index (χ1v) is 19.5. The van der Waals surface area contributed by atoms with Crippen molar-refractivity contribution in [3.63, 3.8) is 0 Å². The third-order valence-corrected chi connectivity index (χ3v) is 10.4. The summed E-state index contributed by atoms with van der Waals surface area (Å²) in [7, 11) is 0. The highest BCUT2D eigenvalue weighted by Crippen LogP contribution is 2.42. The van der Waals surface area contributed by atoms with Gasteiger partial charge in [0.1, 0.15) is 0 Å². The molecule has 280 valence electrons. The van der Waals surface area contributed by atoms with Crippen LogP contribution in [0, 0.1) is 25.2 Å². The minimum absolute atomic E-state index is 0.434. The van der Waals surface area contributed by atoms with Crippen LogP contribution < -0.4 is 0 Å². The Morgan fingerprint density at radius 3 is 1.68 bits per heavy atom. The number of nitriles is 1. The Morgan fingerprint density at radius 1 is 0.627 bits per heavy atom. The predicted molar refractivity (Wildman–Crippen MR) is 244 cm³/mol. The van der Waals surface area contributed by atoms with Crippen molar-refractivity contribution in [3.8, 4) is 45.7 Å². The number of aromatic nitrogens is 3. The van der Waals surface area contributed by atoms with E-state index in [1.165, 1.54) is 0 Å². The summed E-state index contributed by atoms with van der Waals surface area (Å²) in [6, 6.07) is 61.6. The summed E-state index contributed by atoms with van der Waals surface area (Å²) < 4.78 is 2.30. The molecule has 0 saturated heterocycles. The molecule has 6 nitrogen and oxygen atoms in total. The highest BCUT2D eigenvalue weighted by molar-refractivity contribution is 6.11. The second-order valence-corrected chi connectivity index (χ2v) is 14.5. The number of hydrogen-bond donors (Lipinski definition) is 0. The molecule has 6 heteroatoms. The molecule has 59 heavy (non-hydrogen) atoms. The van der Waals surface area contributed by atoms with Gasteiger partial charge in [-0.1, -0.05) is 146 Å². The van der Waals surface area contributed by atoms with Gasteiger partial charge in [0.15, 0.2) is 11.7 Å². The molecule has 7 aromatic carbocycles. The summed E-state index contributed by atoms with van der Waals surface area (Å²) in [5.74, 6) is 0.923. The Morgan fingerprint density at radius 2 is 1.15 bits per heavy atom. The topological polar surface area (TPSA) is 79.2 Å². The number of amidine groups is 1. The van der Waals surface area contributed by atoms with Crippen LogP contribution in [0.3, 0.4) is 0 Å². The van der Waals surface area contributed by atoms with Gasteiger partial charge < -0.3 is 4.57 Å². The SMILES string of the molecule is C=NC(=N/C(=C\c1ccccc1)c1cc(C#N)cc(-c2nc(-c3ccccc3)cc(-c3ccccc3)n2)c1-n1c2cc(C)ccc2c2ccc(C)cc21)c1ccccc1. The van der Waals surface area contributed by atoms with E-state index in [0.717, 1.165) is 72.3 Å². The highest BCUT2D eigenvalue weighted by atomic mass is 15.0. The fourth-order valence-electron chi connectivity index (χ4n) is 7.64. The average molecular weight is 759 g/mol. The van der Waals surface area contributed by atoms with E-state index < -0.39 is 0 Å². The van der Waals surface area contributed by atoms with Crippen LogP contribution in [-0.2, 0) is 0 Å². The Bertz CT molecular complexity index is 3000. The number of aliphatic imine (C=N–C) groups is 2. The smallest absolute Gasteiger partial charge is 0.162 e. The van der Waals surface area contributed by atoms with Crippen LogP contribution in [0.5, 0.6) is 0 Å². The van der Waals surface area contributed by atoms with E-state index in [9.17, 15) is 5.26 Å². The molecule has 0 aliphatic carbocycles. The summed E-state index contributed by atoms with van der Waals surface area (Å²) >= 11 is 0. The summed E-state index contributed by atoms with van der Waals surface area (Å²) in [6.07, 6.45) is 2.04. The van der Waals surface area contributed by atoms with E-state index in [2.05, 4.69) is 96.9 Å². The summed E-state index contributed by atoms with van der Waals surface area (Å²) in [4.78, 5) is 20.4. The zero-order valence-electron chi connectivity index (χ0n) is 32.7. The van der Waals surface area contributed by atoms with E-state index >= 15 is 0 Å². The van der Waals surface area contributed by atoms with Gasteiger partial charge in [-0.3, -0.25) is 0 Å². The molecule has 0 N–H and O–H groups in total. The minimum atomic E-state index is 0.434. The molecule has 2 heterocycles. The molecule has 0 radical (unpaired) electrons. The quantitative estimate of drug-likeness (QED) is 0.0879. The van der Waals surface area contributed by atoms with Gasteiger partial charge in [0.25, 0.3) is 0 Å². The third-order valence-electron chi connectivity index (χ3n) is 10.4. The molecule has 0 fully saturated rings. The van der Waals surface area contributed by atoms with Gasteiger partial charge >= 0.3 is 0 Å². The molecule has 9 aromatic rings. The van der Waals surface area contributed by atoms with Crippen molar-refractivity contribution in [2.24, 2.45) is 9.98 Å². The van der Waals surface area contributed by atoms with E-state index in [1.807, 2.05) is 121 Å². The van der Waals surface area contributed by atoms with Crippen LogP contribution in [0.4, 0.5) is 0 Å². The first-order chi connectivity index (χ1) is 29.0. The molecular formula is C53H38N6. The van der Waals surface area contributed by atoms with Crippen LogP contribution in [-0.4, -0.2) is 27.1 Å². The summed E-state index contributed by atoms with van der Waals surface area (Å²) in [5.41, 5.74) is 12.6. The van der Waals surface area contributed by atoms with Gasteiger partial charge in [-0.15, -0.1) is 0 Å². The van der Waals surface area contributed by atoms with Gasteiger partial charge in [0.05, 0.1) is 45.4 Å². The van der Waals surface area contributed by atoms with E-state index in [-0.39, 0.29) is 0 Å². The van der Waals surface area contributed by atoms with Crippen LogP contribution in [0.25, 0.3) is 73.2 Å². The van der Waals surface area contributed by atoms with Crippen LogP contribution >= 0.6 is 0 Å². The molecule has 0 saturated carbocycles. The molecule has 0 aliphatic rings. The molecule has 0 aliphatic heterocycles. The number of nitrogens with zero attached hydrogens (tertiary/aromatic N) is 6. The molecular weight excluding hydrogens is 721 g/mol. The molecule has 9 rings (SSSR count). The van der Waals surface area contributed by atoms with Crippen molar-refractivity contribution < 1.29 is 0 Å². The Kier molecular flexibility index (Phi) is 9.84. The maximum absolute atomic E-state index is 10.8. The number of aryl methyl sites for hydroxylation is 2. The van der Waals surface area contributed by atoms with Crippen molar-refractivity contribution in [1.29, 1.82) is 5.26 Å². The fraction of sp³-hybridized carbons (Fsp3) is 0.0377. The maximum Gasteiger partial charge on any atom is 0.162 e. The van der Waals surface area contributed by atoms with Gasteiger partial charge in [-0.2, -0.15) is 5.26 Å². The lowest BCUT2D eigenvalue weighted by atomic mass is 9.97. The van der Waals surface area contributed by atoms with Crippen molar-refractivity contribution in [1.82, 2.24) is 14.5 Å². The van der Waals surface area contributed by atoms with Gasteiger partial charge in [-0.25, -0.2) is 20.0 Å². The highest BCUT2D eigenvalue weighted by Gasteiger charge is 2.25. The monoisotopic (exact) mass is 758 g/mol. The van der Waals surface area contributed by atoms with Crippen molar-refractivity contribution in [2.75, 3.05) is 0 Å². The zero-order valence-corrected chi connectivity index (χ0v) is 32.7. The van der Waals surface area contributed by atoms with Crippen molar-refractivity contribution in [3.05, 3.63) is 209 Å². The number of hydrogen-bond acceptors (Lipinski definition) is 4. The van der Waals surface area contributed by atoms with Crippen LogP contribution in [0.15, 0.2) is 186 Å². The average Bonchev–Trinajstić information content (AvgIpc) is 3.60. The Hall–Kier alpha value is -8.01. The van der Waals surface area contributed by atoms with Gasteiger partial charge in [-0.05, 0) is 73.7 Å². The van der Waals surface area contributed by atoms with E-state index in [0.29, 0.717) is 34.0 Å². The van der Waals surface area contributed by atoms with Gasteiger partial charge in [0.2, 0.25) is 0 Å². The lowest BCUT2D eigenvalue weighted by molar-refractivity contribution is 1.13. The van der Waals surface area contributed by atoms with E-state index in [4.69, 9.17) is 15.0 Å². The van der Waals surface area contributed by atoms with Crippen LogP contribution in [0.1, 0.15) is 33.4 Å². The lowest BCUT2D eigenvalue weighted by Gasteiger charge is -2.20. The standard InChI is InChI=1S/C53H38N6/c1-35-24-26-42-43-27-25-36(2)29-50(43)59(49(42)28-35)51-44(48(32-37-16-8-4-9-17-37)58-52(55-3)41-22-14-7-15-23-41)30-38(34-54)31-45(51)53-56-46(39-18-10-5-11-19-39)33-47(57-53)40-20-12-6-13-21-40/h4-33H,3H2,1-2H3/b48-32-,58-52?. The molecule has 0 spiro atoms. The Labute approximate surface area is 343 Å². The van der Waals surface area contributed by atoms with Gasteiger partial charge in [0, 0.05) is 38.6 Å². The maximum atomic E-state index is 10.8. The number of fused-ring (bicyclic) bond motifs is 3. The fourth-order valence-corrected chi connectivity index (χ4v) is 7.64. The first-order valence-electron chi connectivity index (χ1n) is 19.5.